The molecule has 0 aromatic heterocycles. The molecule has 0 spiro atoms. The summed E-state index contributed by atoms with van der Waals surface area (Å²) in [7, 11) is 3.01. The number of carbonyl (C=O) groups excluding carboxylic acids is 1. The summed E-state index contributed by atoms with van der Waals surface area (Å²) < 4.78 is 9.90. The van der Waals surface area contributed by atoms with Crippen molar-refractivity contribution in [2.45, 2.75) is 6.10 Å². The van der Waals surface area contributed by atoms with Crippen molar-refractivity contribution in [3.63, 3.8) is 0 Å². The SMILES string of the molecule is COCC(=O)C(OC)c1ccccc1. The van der Waals surface area contributed by atoms with Gasteiger partial charge in [0.05, 0.1) is 0 Å². The molecule has 1 atom stereocenters. The van der Waals surface area contributed by atoms with Crippen LogP contribution in [0.3, 0.4) is 0 Å². The molecule has 76 valence electrons. The third-order valence-electron chi connectivity index (χ3n) is 1.92. The van der Waals surface area contributed by atoms with Crippen LogP contribution in [-0.2, 0) is 14.3 Å². The van der Waals surface area contributed by atoms with E-state index in [4.69, 9.17) is 9.47 Å². The second kappa shape index (κ2) is 5.52. The van der Waals surface area contributed by atoms with Gasteiger partial charge >= 0.3 is 0 Å². The minimum Gasteiger partial charge on any atom is -0.377 e. The zero-order valence-electron chi connectivity index (χ0n) is 8.40. The van der Waals surface area contributed by atoms with Gasteiger partial charge in [0.15, 0.2) is 5.78 Å². The average Bonchev–Trinajstić information content (AvgIpc) is 2.21. The Morgan fingerprint density at radius 3 is 2.43 bits per heavy atom. The summed E-state index contributed by atoms with van der Waals surface area (Å²) >= 11 is 0. The van der Waals surface area contributed by atoms with Crippen molar-refractivity contribution in [2.75, 3.05) is 20.8 Å². The van der Waals surface area contributed by atoms with Crippen molar-refractivity contribution >= 4 is 5.78 Å². The van der Waals surface area contributed by atoms with Crippen LogP contribution < -0.4 is 0 Å². The lowest BCUT2D eigenvalue weighted by molar-refractivity contribution is -0.132. The largest absolute Gasteiger partial charge is 0.377 e. The smallest absolute Gasteiger partial charge is 0.191 e. The molecule has 0 fully saturated rings. The van der Waals surface area contributed by atoms with E-state index in [0.717, 1.165) is 5.56 Å². The highest BCUT2D eigenvalue weighted by atomic mass is 16.5. The molecule has 1 aromatic carbocycles. The van der Waals surface area contributed by atoms with E-state index < -0.39 is 6.10 Å². The summed E-state index contributed by atoms with van der Waals surface area (Å²) in [5, 5.41) is 0. The number of Topliss-reactive ketones (excluding diaryl/α,β-unsaturated/α-hetero) is 1. The fourth-order valence-corrected chi connectivity index (χ4v) is 1.30. The first-order valence-corrected chi connectivity index (χ1v) is 4.39. The monoisotopic (exact) mass is 194 g/mol. The van der Waals surface area contributed by atoms with E-state index >= 15 is 0 Å². The van der Waals surface area contributed by atoms with E-state index in [1.807, 2.05) is 30.3 Å². The average molecular weight is 194 g/mol. The molecule has 0 N–H and O–H groups in total. The fourth-order valence-electron chi connectivity index (χ4n) is 1.30. The van der Waals surface area contributed by atoms with Gasteiger partial charge in [-0.05, 0) is 5.56 Å². The first kappa shape index (κ1) is 10.9. The van der Waals surface area contributed by atoms with Crippen LogP contribution in [0.25, 0.3) is 0 Å². The normalized spacial score (nSPS) is 12.4. The summed E-state index contributed by atoms with van der Waals surface area (Å²) in [6, 6.07) is 9.38. The molecular weight excluding hydrogens is 180 g/mol. The molecular formula is C11H14O3. The highest BCUT2D eigenvalue weighted by Crippen LogP contribution is 2.16. The van der Waals surface area contributed by atoms with Crippen LogP contribution >= 0.6 is 0 Å². The third-order valence-corrected chi connectivity index (χ3v) is 1.92. The van der Waals surface area contributed by atoms with Crippen LogP contribution in [0.1, 0.15) is 11.7 Å². The molecule has 0 bridgehead atoms. The highest BCUT2D eigenvalue weighted by Gasteiger charge is 2.18. The van der Waals surface area contributed by atoms with Crippen LogP contribution in [0.5, 0.6) is 0 Å². The van der Waals surface area contributed by atoms with Gasteiger partial charge in [-0.3, -0.25) is 4.79 Å². The van der Waals surface area contributed by atoms with Crippen molar-refractivity contribution in [1.82, 2.24) is 0 Å². The molecule has 0 aliphatic heterocycles. The van der Waals surface area contributed by atoms with Gasteiger partial charge in [0.2, 0.25) is 0 Å². The molecule has 3 heteroatoms. The summed E-state index contributed by atoms with van der Waals surface area (Å²) in [5.74, 6) is -0.0683. The maximum absolute atomic E-state index is 11.5. The molecule has 0 aliphatic carbocycles. The maximum Gasteiger partial charge on any atom is 0.191 e. The molecule has 3 nitrogen and oxygen atoms in total. The van der Waals surface area contributed by atoms with Crippen LogP contribution in [0.2, 0.25) is 0 Å². The molecule has 1 unspecified atom stereocenters. The minimum atomic E-state index is -0.517. The van der Waals surface area contributed by atoms with Crippen molar-refractivity contribution in [3.8, 4) is 0 Å². The second-order valence-corrected chi connectivity index (χ2v) is 2.93. The van der Waals surface area contributed by atoms with E-state index in [1.165, 1.54) is 14.2 Å². The van der Waals surface area contributed by atoms with Gasteiger partial charge < -0.3 is 9.47 Å². The van der Waals surface area contributed by atoms with E-state index in [0.29, 0.717) is 0 Å². The van der Waals surface area contributed by atoms with Gasteiger partial charge in [0.1, 0.15) is 12.7 Å². The Hall–Kier alpha value is -1.19. The molecule has 14 heavy (non-hydrogen) atoms. The van der Waals surface area contributed by atoms with Crippen molar-refractivity contribution in [1.29, 1.82) is 0 Å². The Kier molecular flexibility index (Phi) is 4.29. The van der Waals surface area contributed by atoms with E-state index in [2.05, 4.69) is 0 Å². The van der Waals surface area contributed by atoms with Crippen LogP contribution in [0.4, 0.5) is 0 Å². The molecule has 0 aliphatic rings. The number of benzene rings is 1. The lowest BCUT2D eigenvalue weighted by Crippen LogP contribution is -2.18. The molecule has 0 saturated carbocycles. The summed E-state index contributed by atoms with van der Waals surface area (Å²) in [4.78, 5) is 11.5. The number of hydrogen-bond acceptors (Lipinski definition) is 3. The Morgan fingerprint density at radius 1 is 1.29 bits per heavy atom. The van der Waals surface area contributed by atoms with Crippen molar-refractivity contribution in [2.24, 2.45) is 0 Å². The van der Waals surface area contributed by atoms with Gasteiger partial charge in [-0.25, -0.2) is 0 Å². The standard InChI is InChI=1S/C11H14O3/c1-13-8-10(12)11(14-2)9-6-4-3-5-7-9/h3-7,11H,8H2,1-2H3. The zero-order chi connectivity index (χ0) is 10.4. The summed E-state index contributed by atoms with van der Waals surface area (Å²) in [5.41, 5.74) is 0.858. The Morgan fingerprint density at radius 2 is 1.93 bits per heavy atom. The maximum atomic E-state index is 11.5. The lowest BCUT2D eigenvalue weighted by Gasteiger charge is -2.13. The zero-order valence-corrected chi connectivity index (χ0v) is 8.40. The fraction of sp³-hybridized carbons (Fsp3) is 0.364. The Balaban J connectivity index is 2.77. The molecule has 1 rings (SSSR count). The number of ketones is 1. The first-order chi connectivity index (χ1) is 6.79. The van der Waals surface area contributed by atoms with Gasteiger partial charge in [0.25, 0.3) is 0 Å². The van der Waals surface area contributed by atoms with Crippen LogP contribution in [0, 0.1) is 0 Å². The van der Waals surface area contributed by atoms with Crippen LogP contribution in [0.15, 0.2) is 30.3 Å². The van der Waals surface area contributed by atoms with Crippen molar-refractivity contribution < 1.29 is 14.3 Å². The summed E-state index contributed by atoms with van der Waals surface area (Å²) in [6.45, 7) is 0.0768. The van der Waals surface area contributed by atoms with Gasteiger partial charge in [-0.2, -0.15) is 0 Å². The van der Waals surface area contributed by atoms with Gasteiger partial charge in [-0.1, -0.05) is 30.3 Å². The topological polar surface area (TPSA) is 35.5 Å². The number of hydrogen-bond donors (Lipinski definition) is 0. The third kappa shape index (κ3) is 2.65. The Labute approximate surface area is 83.6 Å². The van der Waals surface area contributed by atoms with Gasteiger partial charge in [0, 0.05) is 14.2 Å². The highest BCUT2D eigenvalue weighted by molar-refractivity contribution is 5.85. The lowest BCUT2D eigenvalue weighted by atomic mass is 10.1. The predicted molar refractivity (Wildman–Crippen MR) is 53.1 cm³/mol. The quantitative estimate of drug-likeness (QED) is 0.714. The van der Waals surface area contributed by atoms with E-state index in [-0.39, 0.29) is 12.4 Å². The number of rotatable bonds is 5. The predicted octanol–water partition coefficient (Wildman–Crippen LogP) is 1.59. The number of carbonyl (C=O) groups is 1. The van der Waals surface area contributed by atoms with Gasteiger partial charge in [-0.15, -0.1) is 0 Å². The molecule has 0 amide bonds. The van der Waals surface area contributed by atoms with Crippen LogP contribution in [-0.4, -0.2) is 26.6 Å². The molecule has 1 aromatic rings. The number of ether oxygens (including phenoxy) is 2. The van der Waals surface area contributed by atoms with E-state index in [1.54, 1.807) is 0 Å². The minimum absolute atomic E-state index is 0.0683. The second-order valence-electron chi connectivity index (χ2n) is 2.93. The molecule has 0 heterocycles. The molecule has 0 radical (unpaired) electrons. The number of methoxy groups -OCH3 is 2. The van der Waals surface area contributed by atoms with E-state index in [9.17, 15) is 4.79 Å². The molecule has 0 saturated heterocycles. The first-order valence-electron chi connectivity index (χ1n) is 4.39. The summed E-state index contributed by atoms with van der Waals surface area (Å²) in [6.07, 6.45) is -0.517. The Bertz CT molecular complexity index is 282. The van der Waals surface area contributed by atoms with Crippen molar-refractivity contribution in [3.05, 3.63) is 35.9 Å².